The quantitative estimate of drug-likeness (QED) is 0.859. The van der Waals surface area contributed by atoms with Crippen molar-refractivity contribution in [3.05, 3.63) is 59.0 Å². The molecule has 0 unspecified atom stereocenters. The summed E-state index contributed by atoms with van der Waals surface area (Å²) in [4.78, 5) is 16.8. The van der Waals surface area contributed by atoms with E-state index in [4.69, 9.17) is 16.0 Å². The molecule has 1 fully saturated rings. The third-order valence-electron chi connectivity index (χ3n) is 4.47. The molecule has 3 rings (SSSR count). The highest BCUT2D eigenvalue weighted by molar-refractivity contribution is 6.30. The van der Waals surface area contributed by atoms with Gasteiger partial charge in [-0.3, -0.25) is 14.6 Å². The summed E-state index contributed by atoms with van der Waals surface area (Å²) in [5.74, 6) is 0.812. The number of hydrogen-bond donors (Lipinski definition) is 1. The molecule has 0 bridgehead atoms. The molecule has 134 valence electrons. The van der Waals surface area contributed by atoms with Gasteiger partial charge >= 0.3 is 0 Å². The van der Waals surface area contributed by atoms with Gasteiger partial charge in [-0.25, -0.2) is 0 Å². The van der Waals surface area contributed by atoms with Crippen LogP contribution in [0.2, 0.25) is 5.02 Å². The van der Waals surface area contributed by atoms with Gasteiger partial charge in [-0.05, 0) is 36.8 Å². The molecule has 0 radical (unpaired) electrons. The number of piperazine rings is 1. The van der Waals surface area contributed by atoms with Crippen molar-refractivity contribution < 1.29 is 9.21 Å². The van der Waals surface area contributed by atoms with Gasteiger partial charge in [0.25, 0.3) is 0 Å². The van der Waals surface area contributed by atoms with E-state index in [1.165, 1.54) is 5.56 Å². The number of carbonyl (C=O) groups excluding carboxylic acids is 1. The van der Waals surface area contributed by atoms with Crippen LogP contribution in [0.1, 0.15) is 24.3 Å². The predicted octanol–water partition coefficient (Wildman–Crippen LogP) is 2.93. The van der Waals surface area contributed by atoms with Crippen molar-refractivity contribution in [1.29, 1.82) is 0 Å². The van der Waals surface area contributed by atoms with Crippen molar-refractivity contribution in [1.82, 2.24) is 15.1 Å². The van der Waals surface area contributed by atoms with Crippen molar-refractivity contribution in [3.8, 4) is 0 Å². The number of amides is 1. The number of rotatable bonds is 6. The van der Waals surface area contributed by atoms with Gasteiger partial charge in [0, 0.05) is 37.7 Å². The third-order valence-corrected chi connectivity index (χ3v) is 4.71. The lowest BCUT2D eigenvalue weighted by atomic mass is 10.2. The van der Waals surface area contributed by atoms with E-state index in [-0.39, 0.29) is 11.9 Å². The Morgan fingerprint density at radius 3 is 2.64 bits per heavy atom. The van der Waals surface area contributed by atoms with Crippen LogP contribution in [0.25, 0.3) is 0 Å². The molecule has 1 aliphatic rings. The minimum atomic E-state index is -0.105. The van der Waals surface area contributed by atoms with Crippen molar-refractivity contribution in [3.63, 3.8) is 0 Å². The second kappa shape index (κ2) is 8.52. The van der Waals surface area contributed by atoms with Crippen LogP contribution in [0.15, 0.2) is 47.1 Å². The number of nitrogens with zero attached hydrogens (tertiary/aromatic N) is 2. The summed E-state index contributed by atoms with van der Waals surface area (Å²) in [5, 5.41) is 3.76. The summed E-state index contributed by atoms with van der Waals surface area (Å²) >= 11 is 6.04. The maximum Gasteiger partial charge on any atom is 0.234 e. The molecule has 2 heterocycles. The van der Waals surface area contributed by atoms with E-state index in [0.717, 1.165) is 43.5 Å². The van der Waals surface area contributed by atoms with Crippen LogP contribution in [-0.4, -0.2) is 48.4 Å². The zero-order chi connectivity index (χ0) is 17.6. The Morgan fingerprint density at radius 2 is 1.96 bits per heavy atom. The first-order valence-corrected chi connectivity index (χ1v) is 9.00. The standard InChI is InChI=1S/C19H24ClN3O2/c1-15(18-6-3-11-25-18)21-19(24)14-23-9-7-22(8-10-23)13-16-4-2-5-17(20)12-16/h2-6,11-12,15H,7-10,13-14H2,1H3,(H,21,24)/t15-/m0/s1. The lowest BCUT2D eigenvalue weighted by Gasteiger charge is -2.34. The molecule has 0 spiro atoms. The highest BCUT2D eigenvalue weighted by atomic mass is 35.5. The summed E-state index contributed by atoms with van der Waals surface area (Å²) in [6.45, 7) is 6.94. The van der Waals surface area contributed by atoms with Crippen molar-refractivity contribution in [2.75, 3.05) is 32.7 Å². The van der Waals surface area contributed by atoms with Crippen LogP contribution in [0.4, 0.5) is 0 Å². The van der Waals surface area contributed by atoms with Crippen LogP contribution < -0.4 is 5.32 Å². The third kappa shape index (κ3) is 5.33. The second-order valence-corrected chi connectivity index (χ2v) is 6.92. The van der Waals surface area contributed by atoms with Crippen LogP contribution in [0, 0.1) is 0 Å². The fourth-order valence-electron chi connectivity index (χ4n) is 3.10. The molecule has 1 atom stereocenters. The van der Waals surface area contributed by atoms with Gasteiger partial charge in [0.1, 0.15) is 5.76 Å². The smallest absolute Gasteiger partial charge is 0.234 e. The molecule has 1 saturated heterocycles. The molecular weight excluding hydrogens is 338 g/mol. The Bertz CT molecular complexity index is 682. The van der Waals surface area contributed by atoms with E-state index in [1.807, 2.05) is 37.3 Å². The Kier molecular flexibility index (Phi) is 6.13. The van der Waals surface area contributed by atoms with Crippen molar-refractivity contribution in [2.45, 2.75) is 19.5 Å². The molecule has 0 saturated carbocycles. The zero-order valence-corrected chi connectivity index (χ0v) is 15.2. The summed E-state index contributed by atoms with van der Waals surface area (Å²) < 4.78 is 5.32. The lowest BCUT2D eigenvalue weighted by molar-refractivity contribution is -0.123. The molecular formula is C19H24ClN3O2. The Labute approximate surface area is 153 Å². The maximum atomic E-state index is 12.2. The summed E-state index contributed by atoms with van der Waals surface area (Å²) in [6.07, 6.45) is 1.62. The summed E-state index contributed by atoms with van der Waals surface area (Å²) in [7, 11) is 0. The summed E-state index contributed by atoms with van der Waals surface area (Å²) in [6, 6.07) is 11.6. The summed E-state index contributed by atoms with van der Waals surface area (Å²) in [5.41, 5.74) is 1.23. The largest absolute Gasteiger partial charge is 0.467 e. The molecule has 0 aliphatic carbocycles. The first kappa shape index (κ1) is 18.0. The highest BCUT2D eigenvalue weighted by Gasteiger charge is 2.20. The first-order chi connectivity index (χ1) is 12.1. The van der Waals surface area contributed by atoms with Gasteiger partial charge in [-0.15, -0.1) is 0 Å². The normalized spacial score (nSPS) is 17.4. The number of halogens is 1. The van der Waals surface area contributed by atoms with Gasteiger partial charge in [0.2, 0.25) is 5.91 Å². The molecule has 1 aromatic heterocycles. The Balaban J connectivity index is 1.41. The average Bonchev–Trinajstić information content (AvgIpc) is 3.11. The van der Waals surface area contributed by atoms with E-state index in [0.29, 0.717) is 6.54 Å². The van der Waals surface area contributed by atoms with Gasteiger partial charge in [0.15, 0.2) is 0 Å². The van der Waals surface area contributed by atoms with Crippen LogP contribution in [-0.2, 0) is 11.3 Å². The van der Waals surface area contributed by atoms with Gasteiger partial charge in [-0.1, -0.05) is 23.7 Å². The SMILES string of the molecule is C[C@H](NC(=O)CN1CCN(Cc2cccc(Cl)c2)CC1)c1ccco1. The number of carbonyl (C=O) groups is 1. The molecule has 1 aromatic carbocycles. The van der Waals surface area contributed by atoms with Crippen LogP contribution in [0.3, 0.4) is 0 Å². The number of furan rings is 1. The van der Waals surface area contributed by atoms with Crippen LogP contribution >= 0.6 is 11.6 Å². The minimum Gasteiger partial charge on any atom is -0.467 e. The van der Waals surface area contributed by atoms with Gasteiger partial charge in [0.05, 0.1) is 18.8 Å². The average molecular weight is 362 g/mol. The first-order valence-electron chi connectivity index (χ1n) is 8.62. The van der Waals surface area contributed by atoms with Crippen molar-refractivity contribution in [2.24, 2.45) is 0 Å². The highest BCUT2D eigenvalue weighted by Crippen LogP contribution is 2.14. The fourth-order valence-corrected chi connectivity index (χ4v) is 3.31. The van der Waals surface area contributed by atoms with Crippen LogP contribution in [0.5, 0.6) is 0 Å². The van der Waals surface area contributed by atoms with Gasteiger partial charge < -0.3 is 9.73 Å². The second-order valence-electron chi connectivity index (χ2n) is 6.49. The zero-order valence-electron chi connectivity index (χ0n) is 14.5. The monoisotopic (exact) mass is 361 g/mol. The van der Waals surface area contributed by atoms with E-state index in [9.17, 15) is 4.79 Å². The molecule has 1 N–H and O–H groups in total. The lowest BCUT2D eigenvalue weighted by Crippen LogP contribution is -2.49. The topological polar surface area (TPSA) is 48.7 Å². The number of benzene rings is 1. The molecule has 2 aromatic rings. The Hall–Kier alpha value is -1.82. The predicted molar refractivity (Wildman–Crippen MR) is 98.4 cm³/mol. The fraction of sp³-hybridized carbons (Fsp3) is 0.421. The molecule has 25 heavy (non-hydrogen) atoms. The molecule has 1 aliphatic heterocycles. The number of nitrogens with one attached hydrogen (secondary N) is 1. The van der Waals surface area contributed by atoms with Crippen molar-refractivity contribution >= 4 is 17.5 Å². The van der Waals surface area contributed by atoms with E-state index in [1.54, 1.807) is 6.26 Å². The van der Waals surface area contributed by atoms with E-state index in [2.05, 4.69) is 21.2 Å². The maximum absolute atomic E-state index is 12.2. The van der Waals surface area contributed by atoms with E-state index < -0.39 is 0 Å². The Morgan fingerprint density at radius 1 is 1.20 bits per heavy atom. The van der Waals surface area contributed by atoms with Gasteiger partial charge in [-0.2, -0.15) is 0 Å². The number of hydrogen-bond acceptors (Lipinski definition) is 4. The van der Waals surface area contributed by atoms with E-state index >= 15 is 0 Å². The molecule has 6 heteroatoms. The molecule has 1 amide bonds. The minimum absolute atomic E-state index is 0.0344. The molecule has 5 nitrogen and oxygen atoms in total.